The molecule has 3 heterocycles. The lowest BCUT2D eigenvalue weighted by Gasteiger charge is -2.29. The molecule has 0 aliphatic carbocycles. The van der Waals surface area contributed by atoms with Gasteiger partial charge in [-0.1, -0.05) is 34.4 Å². The zero-order chi connectivity index (χ0) is 22.9. The number of thioether (sulfide) groups is 1. The highest BCUT2D eigenvalue weighted by molar-refractivity contribution is 8.01. The number of carbonyl (C=O) groups is 1. The van der Waals surface area contributed by atoms with Crippen molar-refractivity contribution >= 4 is 46.6 Å². The van der Waals surface area contributed by atoms with Crippen LogP contribution in [0.5, 0.6) is 0 Å². The van der Waals surface area contributed by atoms with Crippen LogP contribution in [0, 0.1) is 6.92 Å². The van der Waals surface area contributed by atoms with Gasteiger partial charge in [0.15, 0.2) is 11.2 Å². The van der Waals surface area contributed by atoms with Crippen molar-refractivity contribution in [3.05, 3.63) is 68.7 Å². The van der Waals surface area contributed by atoms with Crippen molar-refractivity contribution in [3.8, 4) is 0 Å². The van der Waals surface area contributed by atoms with Crippen LogP contribution >= 0.6 is 35.0 Å². The van der Waals surface area contributed by atoms with Crippen molar-refractivity contribution in [1.29, 1.82) is 0 Å². The lowest BCUT2D eigenvalue weighted by molar-refractivity contribution is -0.275. The summed E-state index contributed by atoms with van der Waals surface area (Å²) in [4.78, 5) is 17.6. The summed E-state index contributed by atoms with van der Waals surface area (Å²) >= 11 is 13.5. The molecule has 168 valence electrons. The Morgan fingerprint density at radius 3 is 2.47 bits per heavy atom. The quantitative estimate of drug-likeness (QED) is 0.567. The van der Waals surface area contributed by atoms with Gasteiger partial charge < -0.3 is 14.9 Å². The predicted molar refractivity (Wildman–Crippen MR) is 115 cm³/mol. The topological polar surface area (TPSA) is 63.2 Å². The monoisotopic (exact) mass is 502 g/mol. The number of rotatable bonds is 4. The van der Waals surface area contributed by atoms with Crippen molar-refractivity contribution in [2.45, 2.75) is 36.3 Å². The summed E-state index contributed by atoms with van der Waals surface area (Å²) in [6.07, 6.45) is -5.34. The third-order valence-electron chi connectivity index (χ3n) is 5.73. The van der Waals surface area contributed by atoms with E-state index in [9.17, 15) is 18.0 Å². The molecule has 0 saturated carbocycles. The number of hydrogen-bond donors (Lipinski definition) is 1. The van der Waals surface area contributed by atoms with E-state index in [0.29, 0.717) is 22.4 Å². The summed E-state index contributed by atoms with van der Waals surface area (Å²) in [5.41, 5.74) is -1.96. The molecule has 0 bridgehead atoms. The SMILES string of the molecule is Cc1cc(C2=NOC(c3cc(Cl)cc(Cl)c3)(C(F)(F)F)C2)ccc1C(=O)N[C@]12CS[C@H]1O2. The van der Waals surface area contributed by atoms with Crippen LogP contribution in [-0.2, 0) is 15.2 Å². The molecule has 5 rings (SSSR count). The van der Waals surface area contributed by atoms with Crippen LogP contribution in [-0.4, -0.2) is 34.7 Å². The normalized spacial score (nSPS) is 28.3. The second kappa shape index (κ2) is 7.28. The predicted octanol–water partition coefficient (Wildman–Crippen LogP) is 5.41. The van der Waals surface area contributed by atoms with Crippen LogP contribution < -0.4 is 5.32 Å². The van der Waals surface area contributed by atoms with Gasteiger partial charge in [-0.2, -0.15) is 13.2 Å². The highest BCUT2D eigenvalue weighted by Crippen LogP contribution is 2.54. The van der Waals surface area contributed by atoms with Crippen LogP contribution in [0.15, 0.2) is 41.6 Å². The summed E-state index contributed by atoms with van der Waals surface area (Å²) in [6, 6.07) is 8.42. The van der Waals surface area contributed by atoms with Crippen molar-refractivity contribution in [3.63, 3.8) is 0 Å². The van der Waals surface area contributed by atoms with Gasteiger partial charge in [-0.05, 0) is 48.4 Å². The number of aryl methyl sites for hydroxylation is 1. The number of nitrogens with zero attached hydrogens (tertiary/aromatic N) is 1. The minimum absolute atomic E-state index is 0.00603. The number of amides is 1. The van der Waals surface area contributed by atoms with Crippen LogP contribution in [0.25, 0.3) is 0 Å². The van der Waals surface area contributed by atoms with Gasteiger partial charge in [-0.15, -0.1) is 11.8 Å². The van der Waals surface area contributed by atoms with Crippen LogP contribution in [0.1, 0.15) is 33.5 Å². The largest absolute Gasteiger partial charge is 0.435 e. The second-order valence-electron chi connectivity index (χ2n) is 7.92. The Kier molecular flexibility index (Phi) is 4.98. The lowest BCUT2D eigenvalue weighted by atomic mass is 9.86. The number of epoxide rings is 1. The number of nitrogens with one attached hydrogen (secondary N) is 1. The van der Waals surface area contributed by atoms with E-state index in [0.717, 1.165) is 0 Å². The highest BCUT2D eigenvalue weighted by atomic mass is 35.5. The number of carbonyl (C=O) groups excluding carboxylic acids is 1. The van der Waals surface area contributed by atoms with Crippen molar-refractivity contribution in [2.75, 3.05) is 5.75 Å². The first-order chi connectivity index (χ1) is 15.0. The fourth-order valence-electron chi connectivity index (χ4n) is 3.86. The molecule has 3 atom stereocenters. The van der Waals surface area contributed by atoms with Gasteiger partial charge in [-0.25, -0.2) is 0 Å². The number of alkyl halides is 3. The molecule has 3 aliphatic heterocycles. The fourth-order valence-corrected chi connectivity index (χ4v) is 5.43. The highest BCUT2D eigenvalue weighted by Gasteiger charge is 2.66. The molecule has 2 saturated heterocycles. The molecule has 11 heteroatoms. The Labute approximate surface area is 195 Å². The number of benzene rings is 2. The van der Waals surface area contributed by atoms with Gasteiger partial charge in [-0.3, -0.25) is 4.79 Å². The van der Waals surface area contributed by atoms with E-state index >= 15 is 0 Å². The molecule has 2 aromatic rings. The molecule has 1 unspecified atom stereocenters. The standard InChI is InChI=1S/C21H15Cl2F3N2O3S/c1-10-4-11(2-3-15(10)17(29)27-20-9-32-18(20)30-20)16-8-19(31-28-16,21(24,25)26)12-5-13(22)7-14(23)6-12/h2-7,18H,8-9H2,1H3,(H,27,29)/t18-,19?,20+/m1/s1. The maximum atomic E-state index is 14.2. The molecule has 32 heavy (non-hydrogen) atoms. The number of ether oxygens (including phenoxy) is 1. The molecule has 0 radical (unpaired) electrons. The molecular formula is C21H15Cl2F3N2O3S. The van der Waals surface area contributed by atoms with Crippen molar-refractivity contribution in [2.24, 2.45) is 5.16 Å². The minimum Gasteiger partial charge on any atom is -0.374 e. The molecule has 0 spiro atoms. The van der Waals surface area contributed by atoms with E-state index < -0.39 is 23.9 Å². The fraction of sp³-hybridized carbons (Fsp3) is 0.333. The van der Waals surface area contributed by atoms with Gasteiger partial charge in [0, 0.05) is 33.3 Å². The van der Waals surface area contributed by atoms with Gasteiger partial charge in [0.25, 0.3) is 11.5 Å². The number of hydrogen-bond acceptors (Lipinski definition) is 5. The molecule has 5 nitrogen and oxygen atoms in total. The van der Waals surface area contributed by atoms with Gasteiger partial charge in [0.1, 0.15) is 0 Å². The molecular weight excluding hydrogens is 488 g/mol. The smallest absolute Gasteiger partial charge is 0.374 e. The summed E-state index contributed by atoms with van der Waals surface area (Å²) in [5, 5.41) is 6.74. The maximum absolute atomic E-state index is 14.2. The Morgan fingerprint density at radius 2 is 1.94 bits per heavy atom. The van der Waals surface area contributed by atoms with Crippen molar-refractivity contribution < 1.29 is 27.5 Å². The van der Waals surface area contributed by atoms with E-state index in [1.54, 1.807) is 36.9 Å². The average molecular weight is 503 g/mol. The Morgan fingerprint density at radius 1 is 1.22 bits per heavy atom. The lowest BCUT2D eigenvalue weighted by Crippen LogP contribution is -2.46. The van der Waals surface area contributed by atoms with Crippen LogP contribution in [0.4, 0.5) is 13.2 Å². The Bertz CT molecular complexity index is 1150. The summed E-state index contributed by atoms with van der Waals surface area (Å²) in [7, 11) is 0. The molecule has 0 aromatic heterocycles. The number of fused-ring (bicyclic) bond motifs is 1. The van der Waals surface area contributed by atoms with E-state index in [4.69, 9.17) is 32.8 Å². The van der Waals surface area contributed by atoms with E-state index in [-0.39, 0.29) is 32.7 Å². The average Bonchev–Trinajstić information content (AvgIpc) is 3.06. The van der Waals surface area contributed by atoms with Gasteiger partial charge in [0.05, 0.1) is 5.71 Å². The van der Waals surface area contributed by atoms with Gasteiger partial charge in [0.2, 0.25) is 0 Å². The molecule has 3 aliphatic rings. The second-order valence-corrected chi connectivity index (χ2v) is 9.85. The maximum Gasteiger partial charge on any atom is 0.435 e. The van der Waals surface area contributed by atoms with Crippen molar-refractivity contribution in [1.82, 2.24) is 5.32 Å². The summed E-state index contributed by atoms with van der Waals surface area (Å²) in [6.45, 7) is 1.71. The molecule has 2 fully saturated rings. The van der Waals surface area contributed by atoms with E-state index in [2.05, 4.69) is 10.5 Å². The van der Waals surface area contributed by atoms with Gasteiger partial charge >= 0.3 is 6.18 Å². The third kappa shape index (κ3) is 3.46. The third-order valence-corrected chi connectivity index (χ3v) is 7.55. The minimum atomic E-state index is -4.78. The Hall–Kier alpha value is -1.94. The number of oxime groups is 1. The summed E-state index contributed by atoms with van der Waals surface area (Å²) < 4.78 is 47.9. The Balaban J connectivity index is 1.41. The molecule has 1 amide bonds. The molecule has 2 aromatic carbocycles. The van der Waals surface area contributed by atoms with Crippen LogP contribution in [0.3, 0.4) is 0 Å². The van der Waals surface area contributed by atoms with E-state index in [1.807, 2.05) is 0 Å². The first kappa shape index (κ1) is 21.9. The first-order valence-corrected chi connectivity index (χ1v) is 11.3. The summed E-state index contributed by atoms with van der Waals surface area (Å²) in [5.74, 6) is 0.404. The number of halogens is 5. The zero-order valence-corrected chi connectivity index (χ0v) is 18.8. The first-order valence-electron chi connectivity index (χ1n) is 9.54. The zero-order valence-electron chi connectivity index (χ0n) is 16.4. The van der Waals surface area contributed by atoms with E-state index in [1.165, 1.54) is 18.2 Å². The van der Waals surface area contributed by atoms with Crippen LogP contribution in [0.2, 0.25) is 10.0 Å². The molecule has 1 N–H and O–H groups in total.